The summed E-state index contributed by atoms with van der Waals surface area (Å²) in [6.45, 7) is -0.282. The molecule has 0 saturated carbocycles. The van der Waals surface area contributed by atoms with Gasteiger partial charge in [-0.05, 0) is 42.5 Å². The molecule has 104 valence electrons. The quantitative estimate of drug-likeness (QED) is 0.887. The average molecular weight is 359 g/mol. The minimum atomic E-state index is -0.521. The molecule has 6 heteroatoms. The van der Waals surface area contributed by atoms with Gasteiger partial charge in [-0.1, -0.05) is 27.5 Å². The molecular formula is C14H10BrClFNO2. The van der Waals surface area contributed by atoms with E-state index < -0.39 is 5.82 Å². The zero-order valence-corrected chi connectivity index (χ0v) is 12.5. The molecule has 0 fully saturated rings. The monoisotopic (exact) mass is 357 g/mol. The molecule has 2 aromatic carbocycles. The Balaban J connectivity index is 1.92. The van der Waals surface area contributed by atoms with Crippen LogP contribution in [0.4, 0.5) is 10.1 Å². The first-order valence-electron chi connectivity index (χ1n) is 5.68. The molecule has 0 radical (unpaired) electrons. The predicted molar refractivity (Wildman–Crippen MR) is 79.7 cm³/mol. The molecule has 20 heavy (non-hydrogen) atoms. The van der Waals surface area contributed by atoms with Crippen molar-refractivity contribution in [3.63, 3.8) is 0 Å². The topological polar surface area (TPSA) is 38.3 Å². The van der Waals surface area contributed by atoms with Crippen LogP contribution in [0.15, 0.2) is 46.9 Å². The summed E-state index contributed by atoms with van der Waals surface area (Å²) in [5.41, 5.74) is 0.595. The average Bonchev–Trinajstić information content (AvgIpc) is 2.42. The van der Waals surface area contributed by atoms with E-state index in [1.165, 1.54) is 12.1 Å². The van der Waals surface area contributed by atoms with Crippen molar-refractivity contribution in [3.8, 4) is 5.75 Å². The van der Waals surface area contributed by atoms with Crippen molar-refractivity contribution in [1.29, 1.82) is 0 Å². The Morgan fingerprint density at radius 2 is 1.95 bits per heavy atom. The molecule has 1 amide bonds. The number of hydrogen-bond acceptors (Lipinski definition) is 2. The maximum Gasteiger partial charge on any atom is 0.262 e. The lowest BCUT2D eigenvalue weighted by Crippen LogP contribution is -2.20. The molecule has 0 aromatic heterocycles. The molecule has 0 spiro atoms. The van der Waals surface area contributed by atoms with Gasteiger partial charge >= 0.3 is 0 Å². The molecule has 0 aliphatic carbocycles. The van der Waals surface area contributed by atoms with E-state index in [2.05, 4.69) is 21.2 Å². The molecule has 0 heterocycles. The van der Waals surface area contributed by atoms with Crippen molar-refractivity contribution in [1.82, 2.24) is 0 Å². The third-order valence-corrected chi connectivity index (χ3v) is 3.13. The van der Waals surface area contributed by atoms with Gasteiger partial charge in [0, 0.05) is 15.2 Å². The van der Waals surface area contributed by atoms with E-state index in [0.29, 0.717) is 15.2 Å². The van der Waals surface area contributed by atoms with Crippen LogP contribution in [-0.2, 0) is 4.79 Å². The summed E-state index contributed by atoms with van der Waals surface area (Å²) in [4.78, 5) is 11.7. The Bertz CT molecular complexity index is 619. The van der Waals surface area contributed by atoms with Gasteiger partial charge in [0.25, 0.3) is 5.91 Å². The summed E-state index contributed by atoms with van der Waals surface area (Å²) < 4.78 is 19.2. The third-order valence-electron chi connectivity index (χ3n) is 2.38. The van der Waals surface area contributed by atoms with Gasteiger partial charge in [-0.15, -0.1) is 0 Å². The van der Waals surface area contributed by atoms with E-state index in [9.17, 15) is 9.18 Å². The van der Waals surface area contributed by atoms with Gasteiger partial charge in [0.2, 0.25) is 0 Å². The van der Waals surface area contributed by atoms with Crippen LogP contribution in [0.5, 0.6) is 5.75 Å². The summed E-state index contributed by atoms with van der Waals surface area (Å²) in [6, 6.07) is 10.9. The fourth-order valence-electron chi connectivity index (χ4n) is 1.46. The minimum Gasteiger partial charge on any atom is -0.481 e. The highest BCUT2D eigenvalue weighted by atomic mass is 79.9. The standard InChI is InChI=1S/C14H10BrClFNO2/c15-9-1-6-12(17)13(7-9)20-8-14(19)18-11-4-2-10(16)3-5-11/h1-7H,8H2,(H,18,19). The normalized spacial score (nSPS) is 10.2. The lowest BCUT2D eigenvalue weighted by atomic mass is 10.3. The summed E-state index contributed by atoms with van der Waals surface area (Å²) in [6.07, 6.45) is 0. The summed E-state index contributed by atoms with van der Waals surface area (Å²) in [7, 11) is 0. The summed E-state index contributed by atoms with van der Waals surface area (Å²) >= 11 is 8.94. The number of ether oxygens (including phenoxy) is 1. The second-order valence-electron chi connectivity index (χ2n) is 3.92. The number of amides is 1. The van der Waals surface area contributed by atoms with Gasteiger partial charge in [0.1, 0.15) is 0 Å². The highest BCUT2D eigenvalue weighted by Crippen LogP contribution is 2.22. The largest absolute Gasteiger partial charge is 0.481 e. The van der Waals surface area contributed by atoms with Crippen LogP contribution in [0.2, 0.25) is 5.02 Å². The highest BCUT2D eigenvalue weighted by molar-refractivity contribution is 9.10. The highest BCUT2D eigenvalue weighted by Gasteiger charge is 2.08. The molecule has 0 atom stereocenters. The molecule has 0 unspecified atom stereocenters. The molecule has 1 N–H and O–H groups in total. The Morgan fingerprint density at radius 1 is 1.25 bits per heavy atom. The van der Waals surface area contributed by atoms with Crippen molar-refractivity contribution < 1.29 is 13.9 Å². The Labute approximate surface area is 128 Å². The van der Waals surface area contributed by atoms with Crippen molar-refractivity contribution in [2.75, 3.05) is 11.9 Å². The van der Waals surface area contributed by atoms with E-state index in [0.717, 1.165) is 0 Å². The molecule has 3 nitrogen and oxygen atoms in total. The first kappa shape index (κ1) is 14.8. The summed E-state index contributed by atoms with van der Waals surface area (Å²) in [5, 5.41) is 3.20. The van der Waals surface area contributed by atoms with Gasteiger partial charge in [0.05, 0.1) is 0 Å². The molecule has 0 saturated heterocycles. The number of carbonyl (C=O) groups is 1. The second kappa shape index (κ2) is 6.72. The number of carbonyl (C=O) groups excluding carboxylic acids is 1. The summed E-state index contributed by atoms with van der Waals surface area (Å²) in [5.74, 6) is -0.884. The number of halogens is 3. The molecule has 2 aromatic rings. The minimum absolute atomic E-state index is 0.0191. The Hall–Kier alpha value is -1.59. The number of anilines is 1. The van der Waals surface area contributed by atoms with E-state index in [1.54, 1.807) is 30.3 Å². The van der Waals surface area contributed by atoms with Crippen molar-refractivity contribution in [2.45, 2.75) is 0 Å². The van der Waals surface area contributed by atoms with Gasteiger partial charge < -0.3 is 10.1 Å². The van der Waals surface area contributed by atoms with Crippen LogP contribution in [0.3, 0.4) is 0 Å². The van der Waals surface area contributed by atoms with Crippen LogP contribution in [-0.4, -0.2) is 12.5 Å². The molecule has 2 rings (SSSR count). The zero-order chi connectivity index (χ0) is 14.5. The van der Waals surface area contributed by atoms with Crippen LogP contribution in [0.25, 0.3) is 0 Å². The molecule has 0 aliphatic heterocycles. The SMILES string of the molecule is O=C(COc1cc(Br)ccc1F)Nc1ccc(Cl)cc1. The van der Waals surface area contributed by atoms with Crippen molar-refractivity contribution >= 4 is 39.1 Å². The van der Waals surface area contributed by atoms with Crippen molar-refractivity contribution in [3.05, 3.63) is 57.8 Å². The van der Waals surface area contributed by atoms with Crippen molar-refractivity contribution in [2.24, 2.45) is 0 Å². The fraction of sp³-hybridized carbons (Fsp3) is 0.0714. The van der Waals surface area contributed by atoms with Gasteiger partial charge in [0.15, 0.2) is 18.2 Å². The Kier molecular flexibility index (Phi) is 4.98. The zero-order valence-electron chi connectivity index (χ0n) is 10.2. The third kappa shape index (κ3) is 4.21. The maximum atomic E-state index is 13.4. The fourth-order valence-corrected chi connectivity index (χ4v) is 1.93. The number of hydrogen-bond donors (Lipinski definition) is 1. The lowest BCUT2D eigenvalue weighted by Gasteiger charge is -2.08. The smallest absolute Gasteiger partial charge is 0.262 e. The van der Waals surface area contributed by atoms with E-state index >= 15 is 0 Å². The van der Waals surface area contributed by atoms with Crippen LogP contribution in [0, 0.1) is 5.82 Å². The Morgan fingerprint density at radius 3 is 2.65 bits per heavy atom. The number of nitrogens with one attached hydrogen (secondary N) is 1. The molecule has 0 bridgehead atoms. The molecule has 0 aliphatic rings. The van der Waals surface area contributed by atoms with Crippen LogP contribution >= 0.6 is 27.5 Å². The van der Waals surface area contributed by atoms with Gasteiger partial charge in [-0.2, -0.15) is 0 Å². The van der Waals surface area contributed by atoms with E-state index in [4.69, 9.17) is 16.3 Å². The van der Waals surface area contributed by atoms with Gasteiger partial charge in [-0.25, -0.2) is 4.39 Å². The second-order valence-corrected chi connectivity index (χ2v) is 5.27. The van der Waals surface area contributed by atoms with E-state index in [1.807, 2.05) is 0 Å². The van der Waals surface area contributed by atoms with Crippen LogP contribution in [0.1, 0.15) is 0 Å². The lowest BCUT2D eigenvalue weighted by molar-refractivity contribution is -0.118. The first-order valence-corrected chi connectivity index (χ1v) is 6.85. The molecular weight excluding hydrogens is 349 g/mol. The number of benzene rings is 2. The van der Waals surface area contributed by atoms with Gasteiger partial charge in [-0.3, -0.25) is 4.79 Å². The maximum absolute atomic E-state index is 13.4. The van der Waals surface area contributed by atoms with E-state index in [-0.39, 0.29) is 18.3 Å². The first-order chi connectivity index (χ1) is 9.54. The van der Waals surface area contributed by atoms with Crippen LogP contribution < -0.4 is 10.1 Å². The number of rotatable bonds is 4. The predicted octanol–water partition coefficient (Wildman–Crippen LogP) is 4.26.